The highest BCUT2D eigenvalue weighted by atomic mass is 16.4. The van der Waals surface area contributed by atoms with Gasteiger partial charge in [0.1, 0.15) is 0 Å². The molecule has 0 radical (unpaired) electrons. The third kappa shape index (κ3) is 7.29. The number of carbonyl (C=O) groups is 2. The van der Waals surface area contributed by atoms with E-state index in [0.29, 0.717) is 12.8 Å². The third-order valence-corrected chi connectivity index (χ3v) is 5.97. The molecule has 4 nitrogen and oxygen atoms in total. The maximum absolute atomic E-state index is 11.2. The fourth-order valence-corrected chi connectivity index (χ4v) is 3.38. The number of rotatable bonds is 12. The minimum absolute atomic E-state index is 0.664. The van der Waals surface area contributed by atoms with Crippen LogP contribution in [0.25, 0.3) is 0 Å². The van der Waals surface area contributed by atoms with Crippen molar-refractivity contribution in [3.05, 3.63) is 34.4 Å². The van der Waals surface area contributed by atoms with Crippen LogP contribution in [0.5, 0.6) is 0 Å². The summed E-state index contributed by atoms with van der Waals surface area (Å²) in [6, 6.07) is 4.54. The monoisotopic (exact) mass is 390 g/mol. The summed E-state index contributed by atoms with van der Waals surface area (Å²) in [7, 11) is 0. The molecule has 0 saturated carbocycles. The molecule has 1 aromatic rings. The standard InChI is InChI=1S/C24H38O4/c1-17-15-19(11-7-9-13-23(3,4)21(25)26)20(16-18(17)2)12-8-10-14-24(5,6)22(27)28/h15-16H,7-14H2,1-6H3,(H,25,26)(H,27,28). The number of hydrogen-bond acceptors (Lipinski definition) is 2. The van der Waals surface area contributed by atoms with Gasteiger partial charge in [-0.05, 0) is 102 Å². The molecule has 0 fully saturated rings. The van der Waals surface area contributed by atoms with Gasteiger partial charge >= 0.3 is 11.9 Å². The van der Waals surface area contributed by atoms with Crippen LogP contribution in [-0.4, -0.2) is 22.2 Å². The van der Waals surface area contributed by atoms with Gasteiger partial charge in [-0.1, -0.05) is 25.0 Å². The number of aliphatic carboxylic acids is 2. The van der Waals surface area contributed by atoms with Crippen LogP contribution in [0.3, 0.4) is 0 Å². The van der Waals surface area contributed by atoms with Crippen molar-refractivity contribution in [3.8, 4) is 0 Å². The molecule has 1 aromatic carbocycles. The molecule has 4 heteroatoms. The zero-order chi connectivity index (χ0) is 21.5. The maximum atomic E-state index is 11.2. The second-order valence-electron chi connectivity index (χ2n) is 9.50. The first-order valence-corrected chi connectivity index (χ1v) is 10.4. The number of carboxylic acids is 2. The summed E-state index contributed by atoms with van der Waals surface area (Å²) < 4.78 is 0. The predicted octanol–water partition coefficient (Wildman–Crippen LogP) is 5.95. The maximum Gasteiger partial charge on any atom is 0.309 e. The largest absolute Gasteiger partial charge is 0.481 e. The Bertz CT molecular complexity index is 627. The Labute approximate surface area is 170 Å². The van der Waals surface area contributed by atoms with Gasteiger partial charge < -0.3 is 10.2 Å². The Morgan fingerprint density at radius 1 is 0.714 bits per heavy atom. The Kier molecular flexibility index (Phi) is 8.72. The average molecular weight is 391 g/mol. The summed E-state index contributed by atoms with van der Waals surface area (Å²) in [6.45, 7) is 11.4. The number of benzene rings is 1. The molecule has 158 valence electrons. The zero-order valence-electron chi connectivity index (χ0n) is 18.5. The first-order valence-electron chi connectivity index (χ1n) is 10.4. The molecule has 0 heterocycles. The molecule has 0 aliphatic rings. The quantitative estimate of drug-likeness (QED) is 0.432. The predicted molar refractivity (Wildman–Crippen MR) is 114 cm³/mol. The van der Waals surface area contributed by atoms with Gasteiger partial charge in [-0.2, -0.15) is 0 Å². The van der Waals surface area contributed by atoms with Gasteiger partial charge in [0, 0.05) is 0 Å². The molecular weight excluding hydrogens is 352 g/mol. The van der Waals surface area contributed by atoms with E-state index in [1.165, 1.54) is 22.3 Å². The van der Waals surface area contributed by atoms with Crippen LogP contribution in [0.1, 0.15) is 88.5 Å². The van der Waals surface area contributed by atoms with Crippen molar-refractivity contribution in [2.45, 2.75) is 92.9 Å². The van der Waals surface area contributed by atoms with E-state index in [4.69, 9.17) is 0 Å². The van der Waals surface area contributed by atoms with Gasteiger partial charge in [0.15, 0.2) is 0 Å². The summed E-state index contributed by atoms with van der Waals surface area (Å²) in [4.78, 5) is 22.5. The van der Waals surface area contributed by atoms with Crippen LogP contribution in [0.4, 0.5) is 0 Å². The number of unbranched alkanes of at least 4 members (excludes halogenated alkanes) is 2. The van der Waals surface area contributed by atoms with E-state index in [1.807, 2.05) is 0 Å². The molecule has 1 rings (SSSR count). The summed E-state index contributed by atoms with van der Waals surface area (Å²) in [5.41, 5.74) is 3.96. The smallest absolute Gasteiger partial charge is 0.309 e. The van der Waals surface area contributed by atoms with Crippen molar-refractivity contribution in [2.24, 2.45) is 10.8 Å². The van der Waals surface area contributed by atoms with Crippen molar-refractivity contribution in [1.29, 1.82) is 0 Å². The number of hydrogen-bond donors (Lipinski definition) is 2. The highest BCUT2D eigenvalue weighted by molar-refractivity contribution is 5.73. The van der Waals surface area contributed by atoms with E-state index in [2.05, 4.69) is 26.0 Å². The molecule has 0 amide bonds. The number of carboxylic acid groups (broad SMARTS) is 2. The minimum atomic E-state index is -0.733. The van der Waals surface area contributed by atoms with Gasteiger partial charge in [-0.3, -0.25) is 9.59 Å². The molecule has 2 N–H and O–H groups in total. The van der Waals surface area contributed by atoms with E-state index in [9.17, 15) is 19.8 Å². The van der Waals surface area contributed by atoms with Gasteiger partial charge in [0.05, 0.1) is 10.8 Å². The highest BCUT2D eigenvalue weighted by Crippen LogP contribution is 2.27. The normalized spacial score (nSPS) is 12.2. The summed E-state index contributed by atoms with van der Waals surface area (Å²) >= 11 is 0. The van der Waals surface area contributed by atoms with Gasteiger partial charge in [-0.25, -0.2) is 0 Å². The molecule has 0 aliphatic carbocycles. The second-order valence-corrected chi connectivity index (χ2v) is 9.50. The third-order valence-electron chi connectivity index (χ3n) is 5.97. The topological polar surface area (TPSA) is 74.6 Å². The van der Waals surface area contributed by atoms with Gasteiger partial charge in [0.25, 0.3) is 0 Å². The lowest BCUT2D eigenvalue weighted by Gasteiger charge is -2.20. The van der Waals surface area contributed by atoms with E-state index in [0.717, 1.165) is 38.5 Å². The minimum Gasteiger partial charge on any atom is -0.481 e. The van der Waals surface area contributed by atoms with Gasteiger partial charge in [-0.15, -0.1) is 0 Å². The van der Waals surface area contributed by atoms with Crippen molar-refractivity contribution < 1.29 is 19.8 Å². The fourth-order valence-electron chi connectivity index (χ4n) is 3.38. The van der Waals surface area contributed by atoms with Crippen LogP contribution < -0.4 is 0 Å². The van der Waals surface area contributed by atoms with Gasteiger partial charge in [0.2, 0.25) is 0 Å². The summed E-state index contributed by atoms with van der Waals surface area (Å²) in [6.07, 6.45) is 7.08. The Morgan fingerprint density at radius 2 is 1.04 bits per heavy atom. The Balaban J connectivity index is 2.65. The molecule has 0 atom stereocenters. The number of aryl methyl sites for hydroxylation is 4. The van der Waals surface area contributed by atoms with Crippen LogP contribution in [0.2, 0.25) is 0 Å². The van der Waals surface area contributed by atoms with E-state index < -0.39 is 22.8 Å². The molecule has 0 aromatic heterocycles. The van der Waals surface area contributed by atoms with Crippen molar-refractivity contribution in [1.82, 2.24) is 0 Å². The molecular formula is C24H38O4. The molecule has 0 aliphatic heterocycles. The highest BCUT2D eigenvalue weighted by Gasteiger charge is 2.27. The SMILES string of the molecule is Cc1cc(CCCCC(C)(C)C(=O)O)c(CCCCC(C)(C)C(=O)O)cc1C. The molecule has 0 unspecified atom stereocenters. The first kappa shape index (κ1) is 24.2. The van der Waals surface area contributed by atoms with E-state index in [1.54, 1.807) is 27.7 Å². The molecule has 28 heavy (non-hydrogen) atoms. The summed E-state index contributed by atoms with van der Waals surface area (Å²) in [5.74, 6) is -1.47. The Hall–Kier alpha value is -1.84. The van der Waals surface area contributed by atoms with E-state index in [-0.39, 0.29) is 0 Å². The van der Waals surface area contributed by atoms with E-state index >= 15 is 0 Å². The first-order chi connectivity index (χ1) is 12.9. The Morgan fingerprint density at radius 3 is 1.32 bits per heavy atom. The van der Waals surface area contributed by atoms with Crippen LogP contribution in [-0.2, 0) is 22.4 Å². The lowest BCUT2D eigenvalue weighted by Crippen LogP contribution is -2.23. The molecule has 0 saturated heterocycles. The lowest BCUT2D eigenvalue weighted by molar-refractivity contribution is -0.148. The molecule has 0 spiro atoms. The van der Waals surface area contributed by atoms with Crippen molar-refractivity contribution in [3.63, 3.8) is 0 Å². The van der Waals surface area contributed by atoms with Crippen molar-refractivity contribution >= 4 is 11.9 Å². The van der Waals surface area contributed by atoms with Crippen LogP contribution in [0, 0.1) is 24.7 Å². The van der Waals surface area contributed by atoms with Crippen LogP contribution in [0.15, 0.2) is 12.1 Å². The fraction of sp³-hybridized carbons (Fsp3) is 0.667. The zero-order valence-corrected chi connectivity index (χ0v) is 18.5. The second kappa shape index (κ2) is 10.1. The average Bonchev–Trinajstić information content (AvgIpc) is 2.58. The molecule has 0 bridgehead atoms. The summed E-state index contributed by atoms with van der Waals surface area (Å²) in [5, 5.41) is 18.5. The van der Waals surface area contributed by atoms with Crippen LogP contribution >= 0.6 is 0 Å². The lowest BCUT2D eigenvalue weighted by atomic mass is 9.85. The van der Waals surface area contributed by atoms with Crippen molar-refractivity contribution in [2.75, 3.05) is 0 Å².